The van der Waals surface area contributed by atoms with E-state index < -0.39 is 0 Å². The molecule has 0 spiro atoms. The molecule has 2 rings (SSSR count). The predicted octanol–water partition coefficient (Wildman–Crippen LogP) is 3.27. The molecule has 0 amide bonds. The number of methoxy groups -OCH3 is 1. The van der Waals surface area contributed by atoms with E-state index in [9.17, 15) is 0 Å². The van der Waals surface area contributed by atoms with Crippen molar-refractivity contribution in [2.24, 2.45) is 10.4 Å². The zero-order chi connectivity index (χ0) is 18.3. The van der Waals surface area contributed by atoms with Crippen LogP contribution < -0.4 is 10.6 Å². The SMILES string of the molecule is CN=C(NCCCn1cnc2ccccc21)NCC(OC)C(C)(C)C.I. The van der Waals surface area contributed by atoms with E-state index in [1.807, 2.05) is 24.5 Å². The molecular formula is C19H32IN5O. The second kappa shape index (κ2) is 10.7. The Kier molecular flexibility index (Phi) is 9.35. The van der Waals surface area contributed by atoms with Gasteiger partial charge in [0, 0.05) is 33.8 Å². The molecule has 0 bridgehead atoms. The summed E-state index contributed by atoms with van der Waals surface area (Å²) in [5.74, 6) is 0.807. The van der Waals surface area contributed by atoms with Crippen LogP contribution in [-0.2, 0) is 11.3 Å². The van der Waals surface area contributed by atoms with Crippen molar-refractivity contribution in [2.45, 2.75) is 39.8 Å². The van der Waals surface area contributed by atoms with Gasteiger partial charge in [-0.1, -0.05) is 32.9 Å². The van der Waals surface area contributed by atoms with Crippen molar-refractivity contribution in [3.63, 3.8) is 0 Å². The average molecular weight is 473 g/mol. The first kappa shape index (κ1) is 22.7. The minimum atomic E-state index is 0. The fourth-order valence-corrected chi connectivity index (χ4v) is 2.80. The van der Waals surface area contributed by atoms with Gasteiger partial charge in [-0.15, -0.1) is 24.0 Å². The number of nitrogens with zero attached hydrogens (tertiary/aromatic N) is 3. The standard InChI is InChI=1S/C19H31N5O.HI/c1-19(2,3)17(25-5)13-22-18(20-4)21-11-8-12-24-14-23-15-9-6-7-10-16(15)24;/h6-7,9-10,14,17H,8,11-13H2,1-5H3,(H2,20,21,22);1H. The Balaban J connectivity index is 0.00000338. The minimum absolute atomic E-state index is 0. The molecule has 7 heteroatoms. The van der Waals surface area contributed by atoms with E-state index in [1.165, 1.54) is 5.52 Å². The third-order valence-corrected chi connectivity index (χ3v) is 4.32. The van der Waals surface area contributed by atoms with E-state index in [4.69, 9.17) is 4.74 Å². The zero-order valence-corrected chi connectivity index (χ0v) is 18.8. The van der Waals surface area contributed by atoms with Crippen LogP contribution in [0.2, 0.25) is 0 Å². The molecular weight excluding hydrogens is 441 g/mol. The first-order chi connectivity index (χ1) is 12.0. The number of imidazole rings is 1. The lowest BCUT2D eigenvalue weighted by atomic mass is 9.89. The van der Waals surface area contributed by atoms with Crippen molar-refractivity contribution >= 4 is 41.0 Å². The number of guanidine groups is 1. The molecule has 146 valence electrons. The van der Waals surface area contributed by atoms with Crippen molar-refractivity contribution in [2.75, 3.05) is 27.2 Å². The predicted molar refractivity (Wildman–Crippen MR) is 119 cm³/mol. The maximum Gasteiger partial charge on any atom is 0.191 e. The number of para-hydroxylation sites is 2. The second-order valence-corrected chi connectivity index (χ2v) is 7.25. The van der Waals surface area contributed by atoms with Gasteiger partial charge >= 0.3 is 0 Å². The molecule has 0 aliphatic rings. The smallest absolute Gasteiger partial charge is 0.191 e. The van der Waals surface area contributed by atoms with Crippen molar-refractivity contribution in [3.05, 3.63) is 30.6 Å². The summed E-state index contributed by atoms with van der Waals surface area (Å²) in [6.07, 6.45) is 3.03. The van der Waals surface area contributed by atoms with Crippen LogP contribution in [0.25, 0.3) is 11.0 Å². The molecule has 1 heterocycles. The van der Waals surface area contributed by atoms with Gasteiger partial charge in [0.1, 0.15) is 0 Å². The van der Waals surface area contributed by atoms with Crippen LogP contribution in [0.4, 0.5) is 0 Å². The normalized spacial score (nSPS) is 13.3. The number of benzene rings is 1. The highest BCUT2D eigenvalue weighted by Gasteiger charge is 2.24. The van der Waals surface area contributed by atoms with Crippen LogP contribution in [0.5, 0.6) is 0 Å². The Morgan fingerprint density at radius 3 is 2.65 bits per heavy atom. The van der Waals surface area contributed by atoms with Crippen LogP contribution >= 0.6 is 24.0 Å². The van der Waals surface area contributed by atoms with Gasteiger partial charge in [-0.25, -0.2) is 4.98 Å². The number of halogens is 1. The number of aryl methyl sites for hydroxylation is 1. The molecule has 6 nitrogen and oxygen atoms in total. The Morgan fingerprint density at radius 1 is 1.27 bits per heavy atom. The fourth-order valence-electron chi connectivity index (χ4n) is 2.80. The van der Waals surface area contributed by atoms with E-state index in [-0.39, 0.29) is 35.5 Å². The summed E-state index contributed by atoms with van der Waals surface area (Å²) in [5, 5.41) is 6.71. The Morgan fingerprint density at radius 2 is 2.00 bits per heavy atom. The molecule has 2 N–H and O–H groups in total. The lowest BCUT2D eigenvalue weighted by Gasteiger charge is -2.30. The molecule has 0 aliphatic heterocycles. The molecule has 0 saturated carbocycles. The van der Waals surface area contributed by atoms with E-state index in [2.05, 4.69) is 52.0 Å². The van der Waals surface area contributed by atoms with Crippen LogP contribution in [0.1, 0.15) is 27.2 Å². The molecule has 1 unspecified atom stereocenters. The number of hydrogen-bond acceptors (Lipinski definition) is 3. The summed E-state index contributed by atoms with van der Waals surface area (Å²) in [4.78, 5) is 8.70. The van der Waals surface area contributed by atoms with Gasteiger partial charge in [-0.2, -0.15) is 0 Å². The highest BCUT2D eigenvalue weighted by atomic mass is 127. The van der Waals surface area contributed by atoms with Crippen LogP contribution in [-0.4, -0.2) is 48.9 Å². The minimum Gasteiger partial charge on any atom is -0.379 e. The molecule has 0 radical (unpaired) electrons. The summed E-state index contributed by atoms with van der Waals surface area (Å²) in [6, 6.07) is 8.21. The maximum absolute atomic E-state index is 5.57. The maximum atomic E-state index is 5.57. The third kappa shape index (κ3) is 6.42. The lowest BCUT2D eigenvalue weighted by Crippen LogP contribution is -2.45. The number of aromatic nitrogens is 2. The van der Waals surface area contributed by atoms with Crippen LogP contribution in [0.3, 0.4) is 0 Å². The molecule has 1 atom stereocenters. The summed E-state index contributed by atoms with van der Waals surface area (Å²) in [6.45, 7) is 9.02. The van der Waals surface area contributed by atoms with Gasteiger partial charge in [-0.05, 0) is 24.0 Å². The first-order valence-electron chi connectivity index (χ1n) is 8.83. The van der Waals surface area contributed by atoms with Gasteiger partial charge in [0.2, 0.25) is 0 Å². The zero-order valence-electron chi connectivity index (χ0n) is 16.5. The van der Waals surface area contributed by atoms with Crippen molar-refractivity contribution in [1.29, 1.82) is 0 Å². The van der Waals surface area contributed by atoms with Gasteiger partial charge in [0.15, 0.2) is 5.96 Å². The van der Waals surface area contributed by atoms with Crippen LogP contribution in [0, 0.1) is 5.41 Å². The van der Waals surface area contributed by atoms with E-state index in [1.54, 1.807) is 14.2 Å². The summed E-state index contributed by atoms with van der Waals surface area (Å²) < 4.78 is 7.76. The molecule has 2 aromatic rings. The summed E-state index contributed by atoms with van der Waals surface area (Å²) in [7, 11) is 3.54. The summed E-state index contributed by atoms with van der Waals surface area (Å²) in [5.41, 5.74) is 2.31. The van der Waals surface area contributed by atoms with Crippen molar-refractivity contribution < 1.29 is 4.74 Å². The largest absolute Gasteiger partial charge is 0.379 e. The molecule has 26 heavy (non-hydrogen) atoms. The van der Waals surface area contributed by atoms with Crippen molar-refractivity contribution in [1.82, 2.24) is 20.2 Å². The van der Waals surface area contributed by atoms with Crippen LogP contribution in [0.15, 0.2) is 35.6 Å². The highest BCUT2D eigenvalue weighted by Crippen LogP contribution is 2.20. The van der Waals surface area contributed by atoms with E-state index >= 15 is 0 Å². The number of hydrogen-bond donors (Lipinski definition) is 2. The Bertz CT molecular complexity index is 693. The van der Waals surface area contributed by atoms with E-state index in [0.717, 1.165) is 37.5 Å². The number of fused-ring (bicyclic) bond motifs is 1. The first-order valence-corrected chi connectivity index (χ1v) is 8.83. The topological polar surface area (TPSA) is 63.5 Å². The fraction of sp³-hybridized carbons (Fsp3) is 0.579. The second-order valence-electron chi connectivity index (χ2n) is 7.25. The number of ether oxygens (including phenoxy) is 1. The monoisotopic (exact) mass is 473 g/mol. The van der Waals surface area contributed by atoms with Gasteiger partial charge in [-0.3, -0.25) is 4.99 Å². The Labute approximate surface area is 173 Å². The average Bonchev–Trinajstić information content (AvgIpc) is 2.99. The quantitative estimate of drug-likeness (QED) is 0.281. The molecule has 1 aromatic heterocycles. The molecule has 0 aliphatic carbocycles. The molecule has 1 aromatic carbocycles. The molecule has 0 fully saturated rings. The van der Waals surface area contributed by atoms with E-state index in [0.29, 0.717) is 0 Å². The lowest BCUT2D eigenvalue weighted by molar-refractivity contribution is 0.0205. The number of rotatable bonds is 7. The van der Waals surface area contributed by atoms with Gasteiger partial charge < -0.3 is 19.9 Å². The highest BCUT2D eigenvalue weighted by molar-refractivity contribution is 14.0. The van der Waals surface area contributed by atoms with Gasteiger partial charge in [0.05, 0.1) is 23.5 Å². The molecule has 0 saturated heterocycles. The number of aliphatic imine (C=N–C) groups is 1. The third-order valence-electron chi connectivity index (χ3n) is 4.32. The summed E-state index contributed by atoms with van der Waals surface area (Å²) >= 11 is 0. The Hall–Kier alpha value is -1.35. The number of nitrogens with one attached hydrogen (secondary N) is 2. The van der Waals surface area contributed by atoms with Crippen molar-refractivity contribution in [3.8, 4) is 0 Å². The van der Waals surface area contributed by atoms with Gasteiger partial charge in [0.25, 0.3) is 0 Å².